The second-order valence-electron chi connectivity index (χ2n) is 2.87. The average molecular weight is 285 g/mol. The highest BCUT2D eigenvalue weighted by atomic mass is 79.9. The van der Waals surface area contributed by atoms with Gasteiger partial charge in [-0.15, -0.1) is 0 Å². The molecular weight excluding hydrogens is 277 g/mol. The Morgan fingerprint density at radius 1 is 1.07 bits per heavy atom. The van der Waals surface area contributed by atoms with E-state index in [-0.39, 0.29) is 0 Å². The van der Waals surface area contributed by atoms with Gasteiger partial charge in [-0.25, -0.2) is 4.98 Å². The maximum atomic E-state index is 5.74. The van der Waals surface area contributed by atoms with Gasteiger partial charge in [0.1, 0.15) is 16.7 Å². The molecule has 2 aromatic rings. The maximum absolute atomic E-state index is 5.74. The summed E-state index contributed by atoms with van der Waals surface area (Å²) in [5, 5.41) is 0.421. The van der Waals surface area contributed by atoms with Crippen LogP contribution in [-0.4, -0.2) is 4.98 Å². The monoisotopic (exact) mass is 283 g/mol. The van der Waals surface area contributed by atoms with E-state index in [1.54, 1.807) is 18.3 Å². The van der Waals surface area contributed by atoms with E-state index >= 15 is 0 Å². The number of hydrogen-bond acceptors (Lipinski definition) is 2. The third-order valence-electron chi connectivity index (χ3n) is 1.75. The number of benzene rings is 1. The van der Waals surface area contributed by atoms with Crippen molar-refractivity contribution in [3.05, 3.63) is 52.2 Å². The lowest BCUT2D eigenvalue weighted by molar-refractivity contribution is 0.482. The van der Waals surface area contributed by atoms with E-state index in [4.69, 9.17) is 16.3 Å². The Bertz CT molecular complexity index is 458. The number of ether oxygens (including phenoxy) is 1. The van der Waals surface area contributed by atoms with Crippen molar-refractivity contribution in [3.8, 4) is 11.5 Å². The summed E-state index contributed by atoms with van der Waals surface area (Å²) in [6.45, 7) is 0. The Balaban J connectivity index is 2.18. The summed E-state index contributed by atoms with van der Waals surface area (Å²) >= 11 is 9.09. The lowest BCUT2D eigenvalue weighted by Crippen LogP contribution is -1.84. The number of halogens is 2. The van der Waals surface area contributed by atoms with Crippen LogP contribution in [0.25, 0.3) is 0 Å². The lowest BCUT2D eigenvalue weighted by Gasteiger charge is -2.05. The van der Waals surface area contributed by atoms with E-state index in [1.165, 1.54) is 0 Å². The Labute approximate surface area is 101 Å². The highest BCUT2D eigenvalue weighted by Crippen LogP contribution is 2.24. The van der Waals surface area contributed by atoms with Crippen LogP contribution in [0.4, 0.5) is 0 Å². The number of rotatable bonds is 2. The van der Waals surface area contributed by atoms with Crippen LogP contribution in [0.2, 0.25) is 5.15 Å². The minimum absolute atomic E-state index is 0.421. The summed E-state index contributed by atoms with van der Waals surface area (Å²) in [5.74, 6) is 1.44. The van der Waals surface area contributed by atoms with E-state index in [0.717, 1.165) is 10.2 Å². The molecule has 0 saturated heterocycles. The minimum atomic E-state index is 0.421. The largest absolute Gasteiger partial charge is 0.457 e. The first-order chi connectivity index (χ1) is 7.24. The van der Waals surface area contributed by atoms with Crippen LogP contribution in [0.5, 0.6) is 11.5 Å². The first-order valence-electron chi connectivity index (χ1n) is 4.29. The summed E-state index contributed by atoms with van der Waals surface area (Å²) in [5.41, 5.74) is 0. The molecule has 2 rings (SSSR count). The van der Waals surface area contributed by atoms with Crippen LogP contribution >= 0.6 is 27.5 Å². The van der Waals surface area contributed by atoms with Crippen molar-refractivity contribution in [2.75, 3.05) is 0 Å². The predicted octanol–water partition coefficient (Wildman–Crippen LogP) is 4.29. The normalized spacial score (nSPS) is 10.0. The van der Waals surface area contributed by atoms with Gasteiger partial charge in [0.25, 0.3) is 0 Å². The van der Waals surface area contributed by atoms with Gasteiger partial charge in [0.05, 0.1) is 0 Å². The van der Waals surface area contributed by atoms with E-state index in [0.29, 0.717) is 10.9 Å². The summed E-state index contributed by atoms with van der Waals surface area (Å²) in [6, 6.07) is 11.0. The van der Waals surface area contributed by atoms with Crippen molar-refractivity contribution >= 4 is 27.5 Å². The Morgan fingerprint density at radius 2 is 1.80 bits per heavy atom. The molecule has 0 bridgehead atoms. The topological polar surface area (TPSA) is 22.1 Å². The molecule has 0 amide bonds. The van der Waals surface area contributed by atoms with Gasteiger partial charge in [-0.3, -0.25) is 0 Å². The van der Waals surface area contributed by atoms with Crippen LogP contribution in [0, 0.1) is 0 Å². The predicted molar refractivity (Wildman–Crippen MR) is 63.5 cm³/mol. The van der Waals surface area contributed by atoms with Crippen molar-refractivity contribution < 1.29 is 4.74 Å². The fourth-order valence-corrected chi connectivity index (χ4v) is 1.52. The zero-order valence-corrected chi connectivity index (χ0v) is 9.99. The van der Waals surface area contributed by atoms with Gasteiger partial charge in [-0.1, -0.05) is 27.5 Å². The van der Waals surface area contributed by atoms with E-state index in [1.807, 2.05) is 24.3 Å². The number of pyridine rings is 1. The Kier molecular flexibility index (Phi) is 3.23. The van der Waals surface area contributed by atoms with Crippen LogP contribution in [0.15, 0.2) is 47.1 Å². The third kappa shape index (κ3) is 2.94. The van der Waals surface area contributed by atoms with Crippen molar-refractivity contribution in [3.63, 3.8) is 0 Å². The summed E-state index contributed by atoms with van der Waals surface area (Å²) < 4.78 is 6.59. The molecule has 4 heteroatoms. The van der Waals surface area contributed by atoms with Crippen LogP contribution in [0.1, 0.15) is 0 Å². The number of aromatic nitrogens is 1. The molecule has 1 heterocycles. The molecule has 2 nitrogen and oxygen atoms in total. The van der Waals surface area contributed by atoms with Gasteiger partial charge in [0.15, 0.2) is 0 Å². The Hall–Kier alpha value is -1.06. The molecule has 0 aliphatic heterocycles. The molecule has 15 heavy (non-hydrogen) atoms. The SMILES string of the molecule is Clc1cc(Oc2ccc(Br)cc2)ccn1. The molecule has 1 aromatic heterocycles. The zero-order valence-electron chi connectivity index (χ0n) is 7.65. The van der Waals surface area contributed by atoms with Gasteiger partial charge < -0.3 is 4.74 Å². The minimum Gasteiger partial charge on any atom is -0.457 e. The third-order valence-corrected chi connectivity index (χ3v) is 2.48. The van der Waals surface area contributed by atoms with Gasteiger partial charge in [0.2, 0.25) is 0 Å². The summed E-state index contributed by atoms with van der Waals surface area (Å²) in [7, 11) is 0. The quantitative estimate of drug-likeness (QED) is 0.768. The number of hydrogen-bond donors (Lipinski definition) is 0. The van der Waals surface area contributed by atoms with Gasteiger partial charge >= 0.3 is 0 Å². The Morgan fingerprint density at radius 3 is 2.47 bits per heavy atom. The van der Waals surface area contributed by atoms with Gasteiger partial charge in [0, 0.05) is 16.7 Å². The smallest absolute Gasteiger partial charge is 0.132 e. The molecule has 0 fully saturated rings. The molecular formula is C11H7BrClNO. The fraction of sp³-hybridized carbons (Fsp3) is 0. The fourth-order valence-electron chi connectivity index (χ4n) is 1.09. The molecule has 0 aliphatic carbocycles. The van der Waals surface area contributed by atoms with E-state index < -0.39 is 0 Å². The second kappa shape index (κ2) is 4.64. The zero-order chi connectivity index (χ0) is 10.7. The van der Waals surface area contributed by atoms with Crippen molar-refractivity contribution in [1.29, 1.82) is 0 Å². The van der Waals surface area contributed by atoms with E-state index in [2.05, 4.69) is 20.9 Å². The molecule has 0 aliphatic rings. The summed E-state index contributed by atoms with van der Waals surface area (Å²) in [4.78, 5) is 3.87. The summed E-state index contributed by atoms with van der Waals surface area (Å²) in [6.07, 6.45) is 1.61. The highest BCUT2D eigenvalue weighted by Gasteiger charge is 1.98. The molecule has 1 aromatic carbocycles. The number of nitrogens with zero attached hydrogens (tertiary/aromatic N) is 1. The molecule has 0 atom stereocenters. The van der Waals surface area contributed by atoms with E-state index in [9.17, 15) is 0 Å². The van der Waals surface area contributed by atoms with Crippen molar-refractivity contribution in [2.24, 2.45) is 0 Å². The van der Waals surface area contributed by atoms with Crippen LogP contribution < -0.4 is 4.74 Å². The molecule has 0 radical (unpaired) electrons. The molecule has 0 N–H and O–H groups in total. The lowest BCUT2D eigenvalue weighted by atomic mass is 10.3. The first-order valence-corrected chi connectivity index (χ1v) is 5.46. The second-order valence-corrected chi connectivity index (χ2v) is 4.17. The first kappa shape index (κ1) is 10.5. The van der Waals surface area contributed by atoms with Crippen molar-refractivity contribution in [1.82, 2.24) is 4.98 Å². The van der Waals surface area contributed by atoms with Crippen LogP contribution in [-0.2, 0) is 0 Å². The molecule has 0 saturated carbocycles. The van der Waals surface area contributed by atoms with Crippen LogP contribution in [0.3, 0.4) is 0 Å². The van der Waals surface area contributed by atoms with Gasteiger partial charge in [-0.2, -0.15) is 0 Å². The molecule has 76 valence electrons. The maximum Gasteiger partial charge on any atom is 0.132 e. The van der Waals surface area contributed by atoms with Crippen molar-refractivity contribution in [2.45, 2.75) is 0 Å². The standard InChI is InChI=1S/C11H7BrClNO/c12-8-1-3-9(4-2-8)15-10-5-6-14-11(13)7-10/h1-7H. The highest BCUT2D eigenvalue weighted by molar-refractivity contribution is 9.10. The molecule has 0 spiro atoms. The molecule has 0 unspecified atom stereocenters. The average Bonchev–Trinajstić information content (AvgIpc) is 2.22. The van der Waals surface area contributed by atoms with Gasteiger partial charge in [-0.05, 0) is 30.3 Å².